The van der Waals surface area contributed by atoms with E-state index in [4.69, 9.17) is 5.11 Å². The van der Waals surface area contributed by atoms with Gasteiger partial charge < -0.3 is 20.4 Å². The molecule has 4 nitrogen and oxygen atoms in total. The van der Waals surface area contributed by atoms with Gasteiger partial charge in [-0.15, -0.1) is 0 Å². The average molecular weight is 330 g/mol. The minimum absolute atomic E-state index is 0.0223. The lowest BCUT2D eigenvalue weighted by Gasteiger charge is -2.37. The fourth-order valence-electron chi connectivity index (χ4n) is 3.11. The van der Waals surface area contributed by atoms with E-state index >= 15 is 0 Å². The van der Waals surface area contributed by atoms with Crippen LogP contribution < -0.4 is 0 Å². The van der Waals surface area contributed by atoms with Gasteiger partial charge in [0.15, 0.2) is 0 Å². The Hall–Kier alpha value is -1.72. The maximum Gasteiger partial charge on any atom is 0.0951 e. The van der Waals surface area contributed by atoms with E-state index in [9.17, 15) is 15.3 Å². The standard InChI is InChI=1S/C20H26O4/c1-19(23,12-13-21)15-20(24,17-10-6-3-7-11-17)14-18(22)16-8-4-2-5-9-16/h2-11,18,21-24H,12-15H2,1H3. The summed E-state index contributed by atoms with van der Waals surface area (Å²) in [7, 11) is 0. The zero-order valence-corrected chi connectivity index (χ0v) is 14.0. The monoisotopic (exact) mass is 330 g/mol. The van der Waals surface area contributed by atoms with Gasteiger partial charge in [-0.1, -0.05) is 60.7 Å². The number of rotatable bonds is 8. The Kier molecular flexibility index (Phi) is 6.13. The Bertz CT molecular complexity index is 612. The van der Waals surface area contributed by atoms with Crippen molar-refractivity contribution in [2.75, 3.05) is 6.61 Å². The summed E-state index contributed by atoms with van der Waals surface area (Å²) in [5.74, 6) is 0. The van der Waals surface area contributed by atoms with Gasteiger partial charge in [-0.05, 0) is 24.5 Å². The highest BCUT2D eigenvalue weighted by atomic mass is 16.3. The van der Waals surface area contributed by atoms with E-state index in [0.29, 0.717) is 11.1 Å². The zero-order valence-electron chi connectivity index (χ0n) is 14.0. The first-order chi connectivity index (χ1) is 11.4. The molecule has 0 aliphatic rings. The van der Waals surface area contributed by atoms with E-state index in [1.807, 2.05) is 48.5 Å². The molecule has 24 heavy (non-hydrogen) atoms. The molecule has 3 atom stereocenters. The zero-order chi connectivity index (χ0) is 17.6. The lowest BCUT2D eigenvalue weighted by Crippen LogP contribution is -2.39. The quantitative estimate of drug-likeness (QED) is 0.599. The maximum atomic E-state index is 11.3. The predicted octanol–water partition coefficient (Wildman–Crippen LogP) is 2.52. The number of hydrogen-bond donors (Lipinski definition) is 4. The van der Waals surface area contributed by atoms with Gasteiger partial charge in [0, 0.05) is 19.4 Å². The van der Waals surface area contributed by atoms with E-state index < -0.39 is 17.3 Å². The van der Waals surface area contributed by atoms with Crippen molar-refractivity contribution in [2.45, 2.75) is 43.5 Å². The summed E-state index contributed by atoms with van der Waals surface area (Å²) in [5, 5.41) is 41.5. The molecule has 0 aliphatic heterocycles. The highest BCUT2D eigenvalue weighted by Crippen LogP contribution is 2.39. The highest BCUT2D eigenvalue weighted by molar-refractivity contribution is 5.25. The summed E-state index contributed by atoms with van der Waals surface area (Å²) in [5.41, 5.74) is -1.29. The van der Waals surface area contributed by atoms with Crippen LogP contribution in [-0.4, -0.2) is 32.6 Å². The van der Waals surface area contributed by atoms with Gasteiger partial charge in [0.2, 0.25) is 0 Å². The molecule has 130 valence electrons. The number of benzene rings is 2. The number of aliphatic hydroxyl groups excluding tert-OH is 2. The molecule has 4 heteroatoms. The summed E-state index contributed by atoms with van der Waals surface area (Å²) in [4.78, 5) is 0. The van der Waals surface area contributed by atoms with Crippen LogP contribution in [0, 0.1) is 0 Å². The second-order valence-electron chi connectivity index (χ2n) is 6.68. The molecule has 0 aromatic heterocycles. The molecule has 2 rings (SSSR count). The van der Waals surface area contributed by atoms with Crippen molar-refractivity contribution in [2.24, 2.45) is 0 Å². The number of aliphatic hydroxyl groups is 4. The van der Waals surface area contributed by atoms with Crippen molar-refractivity contribution in [1.82, 2.24) is 0 Å². The van der Waals surface area contributed by atoms with Crippen molar-refractivity contribution in [3.05, 3.63) is 71.8 Å². The van der Waals surface area contributed by atoms with Crippen LogP contribution >= 0.6 is 0 Å². The minimum atomic E-state index is -1.41. The molecule has 0 spiro atoms. The molecular weight excluding hydrogens is 304 g/mol. The van der Waals surface area contributed by atoms with Gasteiger partial charge in [-0.2, -0.15) is 0 Å². The smallest absolute Gasteiger partial charge is 0.0951 e. The minimum Gasteiger partial charge on any atom is -0.396 e. The van der Waals surface area contributed by atoms with E-state index in [1.165, 1.54) is 0 Å². The first-order valence-corrected chi connectivity index (χ1v) is 8.20. The summed E-state index contributed by atoms with van der Waals surface area (Å²) in [6, 6.07) is 18.2. The van der Waals surface area contributed by atoms with Crippen LogP contribution in [0.15, 0.2) is 60.7 Å². The van der Waals surface area contributed by atoms with Crippen LogP contribution in [0.3, 0.4) is 0 Å². The third-order valence-electron chi connectivity index (χ3n) is 4.35. The van der Waals surface area contributed by atoms with Gasteiger partial charge in [0.25, 0.3) is 0 Å². The summed E-state index contributed by atoms with van der Waals surface area (Å²) in [6.45, 7) is 1.42. The molecule has 0 heterocycles. The molecule has 2 aromatic rings. The largest absolute Gasteiger partial charge is 0.396 e. The van der Waals surface area contributed by atoms with Crippen molar-refractivity contribution in [1.29, 1.82) is 0 Å². The van der Waals surface area contributed by atoms with E-state index in [-0.39, 0.29) is 25.9 Å². The molecular formula is C20H26O4. The lowest BCUT2D eigenvalue weighted by atomic mass is 9.77. The van der Waals surface area contributed by atoms with Gasteiger partial charge in [-0.25, -0.2) is 0 Å². The molecule has 0 radical (unpaired) electrons. The fourth-order valence-corrected chi connectivity index (χ4v) is 3.11. The van der Waals surface area contributed by atoms with Crippen molar-refractivity contribution < 1.29 is 20.4 Å². The first kappa shape index (κ1) is 18.6. The lowest BCUT2D eigenvalue weighted by molar-refractivity contribution is -0.0890. The predicted molar refractivity (Wildman–Crippen MR) is 93.3 cm³/mol. The Morgan fingerprint density at radius 3 is 2.00 bits per heavy atom. The van der Waals surface area contributed by atoms with Gasteiger partial charge in [0.05, 0.1) is 17.3 Å². The molecule has 0 saturated carbocycles. The molecule has 4 N–H and O–H groups in total. The third kappa shape index (κ3) is 4.89. The van der Waals surface area contributed by atoms with Crippen LogP contribution in [0.25, 0.3) is 0 Å². The molecule has 0 aliphatic carbocycles. The Labute approximate surface area is 143 Å². The van der Waals surface area contributed by atoms with Crippen molar-refractivity contribution in [3.8, 4) is 0 Å². The Morgan fingerprint density at radius 2 is 1.46 bits per heavy atom. The molecule has 0 amide bonds. The van der Waals surface area contributed by atoms with Crippen molar-refractivity contribution >= 4 is 0 Å². The highest BCUT2D eigenvalue weighted by Gasteiger charge is 2.39. The molecule has 0 saturated heterocycles. The van der Waals surface area contributed by atoms with Crippen molar-refractivity contribution in [3.63, 3.8) is 0 Å². The van der Waals surface area contributed by atoms with Crippen LogP contribution in [0.1, 0.15) is 43.4 Å². The first-order valence-electron chi connectivity index (χ1n) is 8.20. The van der Waals surface area contributed by atoms with Crippen LogP contribution in [0.5, 0.6) is 0 Å². The van der Waals surface area contributed by atoms with Crippen LogP contribution in [0.4, 0.5) is 0 Å². The third-order valence-corrected chi connectivity index (χ3v) is 4.35. The van der Waals surface area contributed by atoms with E-state index in [2.05, 4.69) is 0 Å². The number of hydrogen-bond acceptors (Lipinski definition) is 4. The van der Waals surface area contributed by atoms with Gasteiger partial charge in [0.1, 0.15) is 0 Å². The average Bonchev–Trinajstić information content (AvgIpc) is 2.55. The summed E-state index contributed by atoms with van der Waals surface area (Å²) < 4.78 is 0. The molecule has 3 unspecified atom stereocenters. The van der Waals surface area contributed by atoms with E-state index in [1.54, 1.807) is 19.1 Å². The normalized spacial score (nSPS) is 17.7. The summed E-state index contributed by atoms with van der Waals surface area (Å²) >= 11 is 0. The van der Waals surface area contributed by atoms with E-state index in [0.717, 1.165) is 0 Å². The maximum absolute atomic E-state index is 11.3. The van der Waals surface area contributed by atoms with Gasteiger partial charge in [-0.3, -0.25) is 0 Å². The van der Waals surface area contributed by atoms with Crippen LogP contribution in [0.2, 0.25) is 0 Å². The van der Waals surface area contributed by atoms with Crippen LogP contribution in [-0.2, 0) is 5.60 Å². The topological polar surface area (TPSA) is 80.9 Å². The summed E-state index contributed by atoms with van der Waals surface area (Å²) in [6.07, 6.45) is -0.623. The Morgan fingerprint density at radius 1 is 0.917 bits per heavy atom. The molecule has 0 fully saturated rings. The van der Waals surface area contributed by atoms with Gasteiger partial charge >= 0.3 is 0 Å². The fraction of sp³-hybridized carbons (Fsp3) is 0.400. The SMILES string of the molecule is CC(O)(CCO)CC(O)(CC(O)c1ccccc1)c1ccccc1. The second kappa shape index (κ2) is 7.90. The Balaban J connectivity index is 2.29. The molecule has 0 bridgehead atoms. The molecule has 2 aromatic carbocycles. The second-order valence-corrected chi connectivity index (χ2v) is 6.68.